The predicted molar refractivity (Wildman–Crippen MR) is 114 cm³/mol. The second-order valence-electron chi connectivity index (χ2n) is 6.58. The molecule has 0 saturated carbocycles. The Bertz CT molecular complexity index is 1080. The first-order valence-electron chi connectivity index (χ1n) is 8.73. The predicted octanol–water partition coefficient (Wildman–Crippen LogP) is 5.42. The van der Waals surface area contributed by atoms with Crippen molar-refractivity contribution >= 4 is 25.3 Å². The smallest absolute Gasteiger partial charge is 0.0937 e. The van der Waals surface area contributed by atoms with Gasteiger partial charge in [-0.25, -0.2) is 0 Å². The van der Waals surface area contributed by atoms with Gasteiger partial charge in [-0.1, -0.05) is 48.5 Å². The Balaban J connectivity index is 2.03. The third-order valence-corrected chi connectivity index (χ3v) is 6.04. The number of fused-ring (bicyclic) bond motifs is 3. The highest BCUT2D eigenvalue weighted by Gasteiger charge is 2.49. The van der Waals surface area contributed by atoms with Crippen LogP contribution in [0, 0.1) is 0 Å². The standard InChI is InChI=1S/C23H16N2S2/c26-19-11-3-1-7-15(19)23(16-8-2-4-12-20(16)27)17-9-5-13-24-21(17)22-18(23)10-6-14-25-22/h1-14,26-27H. The van der Waals surface area contributed by atoms with Crippen LogP contribution in [0.5, 0.6) is 0 Å². The fourth-order valence-electron chi connectivity index (χ4n) is 4.25. The molecule has 2 nitrogen and oxygen atoms in total. The molecule has 0 unspecified atom stereocenters. The topological polar surface area (TPSA) is 25.8 Å². The first-order chi connectivity index (χ1) is 13.2. The second-order valence-corrected chi connectivity index (χ2v) is 7.55. The minimum Gasteiger partial charge on any atom is -0.254 e. The van der Waals surface area contributed by atoms with Crippen molar-refractivity contribution in [1.29, 1.82) is 0 Å². The van der Waals surface area contributed by atoms with Crippen LogP contribution in [0.25, 0.3) is 11.4 Å². The average molecular weight is 385 g/mol. The molecule has 2 heterocycles. The number of rotatable bonds is 2. The van der Waals surface area contributed by atoms with Crippen LogP contribution in [0.3, 0.4) is 0 Å². The molecule has 0 N–H and O–H groups in total. The minimum absolute atomic E-state index is 0.552. The van der Waals surface area contributed by atoms with Gasteiger partial charge in [0.25, 0.3) is 0 Å². The summed E-state index contributed by atoms with van der Waals surface area (Å²) >= 11 is 9.66. The molecule has 2 aromatic carbocycles. The number of thiol groups is 2. The molecule has 0 fully saturated rings. The number of aromatic nitrogens is 2. The van der Waals surface area contributed by atoms with E-state index in [2.05, 4.69) is 36.4 Å². The lowest BCUT2D eigenvalue weighted by Gasteiger charge is -2.35. The van der Waals surface area contributed by atoms with Crippen LogP contribution in [0.2, 0.25) is 0 Å². The zero-order valence-electron chi connectivity index (χ0n) is 14.4. The van der Waals surface area contributed by atoms with E-state index in [0.717, 1.165) is 43.4 Å². The van der Waals surface area contributed by atoms with Crippen LogP contribution in [-0.2, 0) is 5.41 Å². The van der Waals surface area contributed by atoms with Crippen LogP contribution in [0.4, 0.5) is 0 Å². The SMILES string of the molecule is Sc1ccccc1C1(c2ccccc2S)c2cccnc2-c2ncccc21. The van der Waals surface area contributed by atoms with Crippen LogP contribution >= 0.6 is 25.3 Å². The third kappa shape index (κ3) is 2.23. The maximum atomic E-state index is 4.83. The Hall–Kier alpha value is -2.56. The Morgan fingerprint density at radius 3 is 1.37 bits per heavy atom. The lowest BCUT2D eigenvalue weighted by atomic mass is 9.68. The Kier molecular flexibility index (Phi) is 3.85. The monoisotopic (exact) mass is 384 g/mol. The summed E-state index contributed by atoms with van der Waals surface area (Å²) < 4.78 is 0. The van der Waals surface area contributed by atoms with Gasteiger partial charge >= 0.3 is 0 Å². The van der Waals surface area contributed by atoms with Gasteiger partial charge in [-0.05, 0) is 46.5 Å². The van der Waals surface area contributed by atoms with Crippen molar-refractivity contribution in [3.63, 3.8) is 0 Å². The van der Waals surface area contributed by atoms with E-state index >= 15 is 0 Å². The molecule has 0 bridgehead atoms. The van der Waals surface area contributed by atoms with Crippen LogP contribution in [0.1, 0.15) is 22.3 Å². The van der Waals surface area contributed by atoms with Crippen molar-refractivity contribution in [2.24, 2.45) is 0 Å². The first-order valence-corrected chi connectivity index (χ1v) is 9.62. The highest BCUT2D eigenvalue weighted by Crippen LogP contribution is 2.56. The summed E-state index contributed by atoms with van der Waals surface area (Å²) in [6.45, 7) is 0. The van der Waals surface area contributed by atoms with E-state index in [-0.39, 0.29) is 0 Å². The minimum atomic E-state index is -0.552. The molecule has 0 aliphatic heterocycles. The molecule has 4 heteroatoms. The van der Waals surface area contributed by atoms with Crippen molar-refractivity contribution < 1.29 is 0 Å². The van der Waals surface area contributed by atoms with Gasteiger partial charge in [-0.15, -0.1) is 25.3 Å². The van der Waals surface area contributed by atoms with Crippen LogP contribution < -0.4 is 0 Å². The maximum Gasteiger partial charge on any atom is 0.0937 e. The molecule has 1 aliphatic carbocycles. The van der Waals surface area contributed by atoms with Gasteiger partial charge in [0.05, 0.1) is 16.8 Å². The summed E-state index contributed by atoms with van der Waals surface area (Å²) in [5.41, 5.74) is 5.72. The van der Waals surface area contributed by atoms with Gasteiger partial charge in [0, 0.05) is 22.2 Å². The van der Waals surface area contributed by atoms with Crippen LogP contribution in [-0.4, -0.2) is 9.97 Å². The molecule has 27 heavy (non-hydrogen) atoms. The van der Waals surface area contributed by atoms with Gasteiger partial charge in [0.15, 0.2) is 0 Å². The van der Waals surface area contributed by atoms with E-state index in [1.165, 1.54) is 0 Å². The van der Waals surface area contributed by atoms with Gasteiger partial charge in [0.1, 0.15) is 0 Å². The van der Waals surface area contributed by atoms with Crippen molar-refractivity contribution in [1.82, 2.24) is 9.97 Å². The van der Waals surface area contributed by atoms with Gasteiger partial charge in [-0.3, -0.25) is 9.97 Å². The van der Waals surface area contributed by atoms with Crippen molar-refractivity contribution in [3.05, 3.63) is 107 Å². The lowest BCUT2D eigenvalue weighted by Crippen LogP contribution is -2.29. The zero-order chi connectivity index (χ0) is 18.4. The summed E-state index contributed by atoms with van der Waals surface area (Å²) in [5, 5.41) is 0. The van der Waals surface area contributed by atoms with Gasteiger partial charge < -0.3 is 0 Å². The number of hydrogen-bond acceptors (Lipinski definition) is 4. The quantitative estimate of drug-likeness (QED) is 0.398. The molecular weight excluding hydrogens is 368 g/mol. The van der Waals surface area contributed by atoms with Crippen molar-refractivity contribution in [3.8, 4) is 11.4 Å². The summed E-state index contributed by atoms with van der Waals surface area (Å²) in [7, 11) is 0. The fraction of sp³-hybridized carbons (Fsp3) is 0.0435. The van der Waals surface area contributed by atoms with Gasteiger partial charge in [0.2, 0.25) is 0 Å². The van der Waals surface area contributed by atoms with E-state index < -0.39 is 5.41 Å². The zero-order valence-corrected chi connectivity index (χ0v) is 16.2. The molecule has 0 spiro atoms. The molecule has 1 aliphatic rings. The molecule has 4 aromatic rings. The summed E-state index contributed by atoms with van der Waals surface area (Å²) in [4.78, 5) is 11.2. The van der Waals surface area contributed by atoms with Gasteiger partial charge in [-0.2, -0.15) is 0 Å². The second kappa shape index (κ2) is 6.25. The highest BCUT2D eigenvalue weighted by molar-refractivity contribution is 7.80. The summed E-state index contributed by atoms with van der Waals surface area (Å²) in [6.07, 6.45) is 3.65. The first kappa shape index (κ1) is 16.6. The van der Waals surface area contributed by atoms with E-state index in [1.807, 2.05) is 48.8 Å². The van der Waals surface area contributed by atoms with Crippen molar-refractivity contribution in [2.45, 2.75) is 15.2 Å². The van der Waals surface area contributed by atoms with Crippen molar-refractivity contribution in [2.75, 3.05) is 0 Å². The molecule has 130 valence electrons. The Morgan fingerprint density at radius 2 is 0.926 bits per heavy atom. The van der Waals surface area contributed by atoms with Crippen LogP contribution in [0.15, 0.2) is 95.0 Å². The highest BCUT2D eigenvalue weighted by atomic mass is 32.1. The molecule has 2 aromatic heterocycles. The number of benzene rings is 2. The van der Waals surface area contributed by atoms with E-state index in [4.69, 9.17) is 35.2 Å². The lowest BCUT2D eigenvalue weighted by molar-refractivity contribution is 0.730. The molecule has 0 amide bonds. The fourth-order valence-corrected chi connectivity index (χ4v) is 4.90. The molecule has 0 saturated heterocycles. The number of pyridine rings is 2. The third-order valence-electron chi connectivity index (χ3n) is 5.26. The Labute approximate surface area is 169 Å². The normalized spacial score (nSPS) is 13.9. The average Bonchev–Trinajstić information content (AvgIpc) is 3.00. The molecule has 5 rings (SSSR count). The number of hydrogen-bond donors (Lipinski definition) is 2. The number of nitrogens with zero attached hydrogens (tertiary/aromatic N) is 2. The van der Waals surface area contributed by atoms with E-state index in [1.54, 1.807) is 0 Å². The summed E-state index contributed by atoms with van der Waals surface area (Å²) in [5.74, 6) is 0. The van der Waals surface area contributed by atoms with E-state index in [9.17, 15) is 0 Å². The largest absolute Gasteiger partial charge is 0.254 e. The molecule has 0 atom stereocenters. The maximum absolute atomic E-state index is 4.83. The van der Waals surface area contributed by atoms with E-state index in [0.29, 0.717) is 0 Å². The Morgan fingerprint density at radius 1 is 0.519 bits per heavy atom. The molecule has 0 radical (unpaired) electrons. The molecular formula is C23H16N2S2. The summed E-state index contributed by atoms with van der Waals surface area (Å²) in [6, 6.07) is 24.7.